The van der Waals surface area contributed by atoms with Crippen molar-refractivity contribution in [3.8, 4) is 5.75 Å². The number of nitrogens with zero attached hydrogens (tertiary/aromatic N) is 1. The van der Waals surface area contributed by atoms with Crippen LogP contribution in [0, 0.1) is 11.8 Å². The van der Waals surface area contributed by atoms with Crippen molar-refractivity contribution in [1.82, 2.24) is 9.88 Å². The molecule has 1 aromatic heterocycles. The molecule has 1 saturated heterocycles. The molecule has 0 radical (unpaired) electrons. The van der Waals surface area contributed by atoms with Gasteiger partial charge in [-0.3, -0.25) is 4.79 Å². The van der Waals surface area contributed by atoms with Gasteiger partial charge >= 0.3 is 5.97 Å². The van der Waals surface area contributed by atoms with Gasteiger partial charge in [-0.1, -0.05) is 18.9 Å². The molecule has 2 heterocycles. The Kier molecular flexibility index (Phi) is 4.34. The summed E-state index contributed by atoms with van der Waals surface area (Å²) >= 11 is 0. The zero-order valence-corrected chi connectivity index (χ0v) is 15.2. The minimum absolute atomic E-state index is 0.145. The molecule has 138 valence electrons. The highest BCUT2D eigenvalue weighted by Gasteiger charge is 2.49. The number of carbonyl (C=O) groups is 2. The van der Waals surface area contributed by atoms with Crippen LogP contribution in [0.25, 0.3) is 10.9 Å². The lowest BCUT2D eigenvalue weighted by atomic mass is 9.78. The van der Waals surface area contributed by atoms with E-state index in [1.807, 2.05) is 24.3 Å². The summed E-state index contributed by atoms with van der Waals surface area (Å²) in [7, 11) is 3.01. The zero-order valence-electron chi connectivity index (χ0n) is 15.2. The van der Waals surface area contributed by atoms with Gasteiger partial charge in [0.2, 0.25) is 0 Å². The number of H-pyrrole nitrogens is 1. The van der Waals surface area contributed by atoms with E-state index in [0.717, 1.165) is 35.9 Å². The zero-order chi connectivity index (χ0) is 18.3. The molecule has 2 aromatic rings. The topological polar surface area (TPSA) is 71.6 Å². The van der Waals surface area contributed by atoms with E-state index in [-0.39, 0.29) is 17.8 Å². The van der Waals surface area contributed by atoms with Gasteiger partial charge in [0.1, 0.15) is 17.5 Å². The van der Waals surface area contributed by atoms with Gasteiger partial charge in [-0.2, -0.15) is 0 Å². The number of methoxy groups -OCH3 is 2. The van der Waals surface area contributed by atoms with Crippen LogP contribution in [-0.2, 0) is 9.53 Å². The number of amides is 1. The molecule has 0 bridgehead atoms. The van der Waals surface area contributed by atoms with E-state index in [4.69, 9.17) is 9.47 Å². The summed E-state index contributed by atoms with van der Waals surface area (Å²) in [5, 5.41) is 0.865. The monoisotopic (exact) mass is 356 g/mol. The Morgan fingerprint density at radius 1 is 1.19 bits per heavy atom. The van der Waals surface area contributed by atoms with Crippen LogP contribution in [0.1, 0.15) is 36.2 Å². The first-order chi connectivity index (χ1) is 12.6. The molecular weight excluding hydrogens is 332 g/mol. The van der Waals surface area contributed by atoms with Crippen LogP contribution in [0.4, 0.5) is 0 Å². The van der Waals surface area contributed by atoms with Gasteiger partial charge in [-0.05, 0) is 42.9 Å². The van der Waals surface area contributed by atoms with Crippen molar-refractivity contribution in [2.75, 3.05) is 20.8 Å². The number of esters is 1. The molecular formula is C20H24N2O4. The molecule has 26 heavy (non-hydrogen) atoms. The second kappa shape index (κ2) is 6.67. The molecule has 1 aliphatic heterocycles. The number of nitrogens with one attached hydrogen (secondary N) is 1. The predicted octanol–water partition coefficient (Wildman–Crippen LogP) is 2.98. The smallest absolute Gasteiger partial charge is 0.328 e. The maximum atomic E-state index is 13.2. The third-order valence-electron chi connectivity index (χ3n) is 5.92. The first-order valence-corrected chi connectivity index (χ1v) is 9.18. The number of aromatic amines is 1. The molecule has 6 heteroatoms. The average Bonchev–Trinajstić information content (AvgIpc) is 3.28. The summed E-state index contributed by atoms with van der Waals surface area (Å²) in [5.74, 6) is 0.863. The molecule has 3 atom stereocenters. The summed E-state index contributed by atoms with van der Waals surface area (Å²) in [5.41, 5.74) is 1.33. The molecule has 4 rings (SSSR count). The SMILES string of the molecule is COC(=O)C1C2CCCCC2CN1C(=O)c1cc2c(OC)cccc2[nH]1. The molecule has 3 unspecified atom stereocenters. The van der Waals surface area contributed by atoms with Crippen LogP contribution in [-0.4, -0.2) is 48.6 Å². The maximum absolute atomic E-state index is 13.2. The van der Waals surface area contributed by atoms with Crippen molar-refractivity contribution in [2.24, 2.45) is 11.8 Å². The number of carbonyl (C=O) groups excluding carboxylic acids is 2. The van der Waals surface area contributed by atoms with Crippen LogP contribution in [0.5, 0.6) is 5.75 Å². The fourth-order valence-corrected chi connectivity index (χ4v) is 4.68. The van der Waals surface area contributed by atoms with Crippen LogP contribution in [0.15, 0.2) is 24.3 Å². The van der Waals surface area contributed by atoms with Gasteiger partial charge < -0.3 is 19.4 Å². The van der Waals surface area contributed by atoms with Crippen molar-refractivity contribution in [3.05, 3.63) is 30.0 Å². The van der Waals surface area contributed by atoms with Gasteiger partial charge in [0.15, 0.2) is 0 Å². The Morgan fingerprint density at radius 3 is 2.77 bits per heavy atom. The van der Waals surface area contributed by atoms with Crippen LogP contribution in [0.2, 0.25) is 0 Å². The number of rotatable bonds is 3. The van der Waals surface area contributed by atoms with Crippen LogP contribution < -0.4 is 4.74 Å². The molecule has 6 nitrogen and oxygen atoms in total. The average molecular weight is 356 g/mol. The Balaban J connectivity index is 1.69. The number of aromatic nitrogens is 1. The number of hydrogen-bond donors (Lipinski definition) is 1. The fraction of sp³-hybridized carbons (Fsp3) is 0.500. The summed E-state index contributed by atoms with van der Waals surface area (Å²) < 4.78 is 10.4. The third-order valence-corrected chi connectivity index (χ3v) is 5.92. The summed E-state index contributed by atoms with van der Waals surface area (Å²) in [4.78, 5) is 30.6. The van der Waals surface area contributed by atoms with E-state index >= 15 is 0 Å². The highest BCUT2D eigenvalue weighted by atomic mass is 16.5. The Labute approximate surface area is 152 Å². The van der Waals surface area contributed by atoms with E-state index in [1.54, 1.807) is 12.0 Å². The number of fused-ring (bicyclic) bond motifs is 2. The van der Waals surface area contributed by atoms with E-state index in [0.29, 0.717) is 18.2 Å². The fourth-order valence-electron chi connectivity index (χ4n) is 4.68. The molecule has 1 N–H and O–H groups in total. The van der Waals surface area contributed by atoms with E-state index in [9.17, 15) is 9.59 Å². The quantitative estimate of drug-likeness (QED) is 0.858. The van der Waals surface area contributed by atoms with Crippen molar-refractivity contribution < 1.29 is 19.1 Å². The highest BCUT2D eigenvalue weighted by Crippen LogP contribution is 2.41. The first kappa shape index (κ1) is 16.9. The molecule has 1 amide bonds. The first-order valence-electron chi connectivity index (χ1n) is 9.18. The molecule has 2 aliphatic rings. The van der Waals surface area contributed by atoms with Gasteiger partial charge in [-0.25, -0.2) is 4.79 Å². The Morgan fingerprint density at radius 2 is 2.00 bits per heavy atom. The van der Waals surface area contributed by atoms with Gasteiger partial charge in [0, 0.05) is 17.4 Å². The molecule has 1 aromatic carbocycles. The van der Waals surface area contributed by atoms with Crippen molar-refractivity contribution in [3.63, 3.8) is 0 Å². The van der Waals surface area contributed by atoms with E-state index < -0.39 is 6.04 Å². The number of ether oxygens (including phenoxy) is 2. The minimum Gasteiger partial charge on any atom is -0.496 e. The second-order valence-electron chi connectivity index (χ2n) is 7.24. The normalized spacial score (nSPS) is 25.2. The molecule has 1 saturated carbocycles. The summed E-state index contributed by atoms with van der Waals surface area (Å²) in [6.07, 6.45) is 4.33. The van der Waals surface area contributed by atoms with Crippen LogP contribution in [0.3, 0.4) is 0 Å². The standard InChI is InChI=1S/C20H24N2O4/c1-25-17-9-5-8-15-14(17)10-16(21-15)19(23)22-11-12-6-3-4-7-13(12)18(22)20(24)26-2/h5,8-10,12-13,18,21H,3-4,6-7,11H2,1-2H3. The Hall–Kier alpha value is -2.50. The maximum Gasteiger partial charge on any atom is 0.328 e. The van der Waals surface area contributed by atoms with Gasteiger partial charge in [-0.15, -0.1) is 0 Å². The number of likely N-dealkylation sites (tertiary alicyclic amines) is 1. The van der Waals surface area contributed by atoms with Gasteiger partial charge in [0.25, 0.3) is 5.91 Å². The molecule has 1 aliphatic carbocycles. The minimum atomic E-state index is -0.480. The van der Waals surface area contributed by atoms with Crippen LogP contribution >= 0.6 is 0 Å². The van der Waals surface area contributed by atoms with Crippen molar-refractivity contribution >= 4 is 22.8 Å². The Bertz CT molecular complexity index is 843. The molecule has 0 spiro atoms. The lowest BCUT2D eigenvalue weighted by Crippen LogP contribution is -2.44. The molecule has 2 fully saturated rings. The van der Waals surface area contributed by atoms with E-state index in [2.05, 4.69) is 4.98 Å². The lowest BCUT2D eigenvalue weighted by Gasteiger charge is -2.28. The summed E-state index contributed by atoms with van der Waals surface area (Å²) in [6, 6.07) is 6.99. The largest absolute Gasteiger partial charge is 0.496 e. The lowest BCUT2D eigenvalue weighted by molar-refractivity contribution is -0.146. The number of hydrogen-bond acceptors (Lipinski definition) is 4. The second-order valence-corrected chi connectivity index (χ2v) is 7.24. The predicted molar refractivity (Wildman–Crippen MR) is 97.1 cm³/mol. The van der Waals surface area contributed by atoms with Crippen molar-refractivity contribution in [2.45, 2.75) is 31.7 Å². The third kappa shape index (κ3) is 2.64. The van der Waals surface area contributed by atoms with E-state index in [1.165, 1.54) is 13.5 Å². The van der Waals surface area contributed by atoms with Crippen molar-refractivity contribution in [1.29, 1.82) is 0 Å². The van der Waals surface area contributed by atoms with Gasteiger partial charge in [0.05, 0.1) is 14.2 Å². The number of benzene rings is 1. The highest BCUT2D eigenvalue weighted by molar-refractivity contribution is 6.01. The summed E-state index contributed by atoms with van der Waals surface area (Å²) in [6.45, 7) is 0.621.